The van der Waals surface area contributed by atoms with Gasteiger partial charge in [-0.2, -0.15) is 0 Å². The Kier molecular flexibility index (Phi) is 5.55. The van der Waals surface area contributed by atoms with Crippen LogP contribution in [0.4, 0.5) is 0 Å². The zero-order valence-electron chi connectivity index (χ0n) is 12.4. The van der Waals surface area contributed by atoms with Crippen LogP contribution in [0.1, 0.15) is 11.1 Å². The van der Waals surface area contributed by atoms with Crippen molar-refractivity contribution in [2.24, 2.45) is 4.99 Å². The zero-order valence-corrected chi connectivity index (χ0v) is 14.0. The summed E-state index contributed by atoms with van der Waals surface area (Å²) in [5.41, 5.74) is 6.42. The first-order valence-electron chi connectivity index (χ1n) is 7.28. The summed E-state index contributed by atoms with van der Waals surface area (Å²) in [6.45, 7) is 0. The van der Waals surface area contributed by atoms with Gasteiger partial charge in [-0.15, -0.1) is 17.5 Å². The van der Waals surface area contributed by atoms with Gasteiger partial charge in [-0.25, -0.2) is 0 Å². The second-order valence-corrected chi connectivity index (χ2v) is 6.43. The third-order valence-corrected chi connectivity index (χ3v) is 4.63. The van der Waals surface area contributed by atoms with Crippen LogP contribution in [-0.2, 0) is 5.75 Å². The van der Waals surface area contributed by atoms with Crippen LogP contribution in [0, 0.1) is 5.25 Å². The molecule has 0 saturated carbocycles. The van der Waals surface area contributed by atoms with Gasteiger partial charge < -0.3 is 0 Å². The first-order chi connectivity index (χ1) is 11.3. The van der Waals surface area contributed by atoms with Crippen LogP contribution in [0.3, 0.4) is 0 Å². The largest absolute Gasteiger partial charge is 0.259 e. The van der Waals surface area contributed by atoms with Crippen LogP contribution in [0.5, 0.6) is 0 Å². The number of hydrogen-bond acceptors (Lipinski definition) is 2. The summed E-state index contributed by atoms with van der Waals surface area (Å²) in [4.78, 5) is 4.61. The quantitative estimate of drug-likeness (QED) is 0.494. The number of aliphatic imine (C=N–C) groups is 1. The van der Waals surface area contributed by atoms with Gasteiger partial charge in [0, 0.05) is 17.0 Å². The number of allylic oxidation sites excluding steroid dienone is 1. The maximum Gasteiger partial charge on any atom is 0.108 e. The van der Waals surface area contributed by atoms with Crippen LogP contribution >= 0.6 is 23.4 Å². The molecule has 1 aliphatic carbocycles. The molecule has 0 N–H and O–H groups in total. The van der Waals surface area contributed by atoms with Gasteiger partial charge in [0.2, 0.25) is 0 Å². The molecule has 3 rings (SSSR count). The highest BCUT2D eigenvalue weighted by molar-refractivity contribution is 8.01. The van der Waals surface area contributed by atoms with E-state index in [4.69, 9.17) is 11.6 Å². The summed E-state index contributed by atoms with van der Waals surface area (Å²) in [5.74, 6) is 0.919. The summed E-state index contributed by atoms with van der Waals surface area (Å²) in [5, 5.41) is 1.86. The normalized spacial score (nSPS) is 14.4. The van der Waals surface area contributed by atoms with Crippen molar-refractivity contribution in [1.82, 2.24) is 0 Å². The van der Waals surface area contributed by atoms with Crippen molar-refractivity contribution in [3.63, 3.8) is 0 Å². The van der Waals surface area contributed by atoms with E-state index < -0.39 is 0 Å². The zero-order chi connectivity index (χ0) is 15.9. The number of nitrogens with zero attached hydrogens (tertiary/aromatic N) is 1. The van der Waals surface area contributed by atoms with Crippen molar-refractivity contribution < 1.29 is 0 Å². The molecule has 2 aromatic rings. The van der Waals surface area contributed by atoms with E-state index in [0.29, 0.717) is 0 Å². The molecule has 0 saturated heterocycles. The van der Waals surface area contributed by atoms with Crippen molar-refractivity contribution in [3.8, 4) is 0 Å². The minimum Gasteiger partial charge on any atom is -0.259 e. The van der Waals surface area contributed by atoms with Gasteiger partial charge in [0.25, 0.3) is 0 Å². The molecule has 3 heteroatoms. The highest BCUT2D eigenvalue weighted by Crippen LogP contribution is 2.33. The monoisotopic (exact) mass is 336 g/mol. The maximum atomic E-state index is 5.90. The predicted molar refractivity (Wildman–Crippen MR) is 101 cm³/mol. The number of rotatable bonds is 5. The van der Waals surface area contributed by atoms with Crippen molar-refractivity contribution in [3.05, 3.63) is 106 Å². The Hall–Kier alpha value is -1.99. The van der Waals surface area contributed by atoms with Crippen molar-refractivity contribution >= 4 is 29.6 Å². The van der Waals surface area contributed by atoms with E-state index >= 15 is 0 Å². The lowest BCUT2D eigenvalue weighted by Crippen LogP contribution is -1.96. The summed E-state index contributed by atoms with van der Waals surface area (Å²) < 4.78 is 0. The molecular weight excluding hydrogens is 322 g/mol. The number of thioether (sulfide) groups is 1. The van der Waals surface area contributed by atoms with Crippen LogP contribution < -0.4 is 0 Å². The van der Waals surface area contributed by atoms with Gasteiger partial charge >= 0.3 is 0 Å². The number of benzene rings is 2. The minimum absolute atomic E-state index is 0.732. The van der Waals surface area contributed by atoms with Gasteiger partial charge in [0.1, 0.15) is 5.25 Å². The van der Waals surface area contributed by atoms with E-state index in [2.05, 4.69) is 35.0 Å². The minimum atomic E-state index is 0.732. The molecule has 0 bridgehead atoms. The van der Waals surface area contributed by atoms with E-state index in [9.17, 15) is 0 Å². The Morgan fingerprint density at radius 2 is 1.83 bits per heavy atom. The number of hydrogen-bond donors (Lipinski definition) is 0. The molecule has 2 aromatic carbocycles. The molecule has 1 radical (unpaired) electrons. The smallest absolute Gasteiger partial charge is 0.108 e. The summed E-state index contributed by atoms with van der Waals surface area (Å²) in [6, 6.07) is 18.1. The topological polar surface area (TPSA) is 12.4 Å². The first kappa shape index (κ1) is 15.9. The Morgan fingerprint density at radius 3 is 2.61 bits per heavy atom. The average Bonchev–Trinajstić information content (AvgIpc) is 2.61. The molecule has 0 aliphatic heterocycles. The highest BCUT2D eigenvalue weighted by atomic mass is 35.5. The van der Waals surface area contributed by atoms with E-state index in [1.165, 1.54) is 5.56 Å². The molecule has 0 spiro atoms. The average molecular weight is 337 g/mol. The Balaban J connectivity index is 1.66. The second kappa shape index (κ2) is 8.03. The van der Waals surface area contributed by atoms with Gasteiger partial charge in [-0.05, 0) is 41.5 Å². The Labute approximate surface area is 146 Å². The fourth-order valence-corrected chi connectivity index (χ4v) is 3.12. The molecule has 0 amide bonds. The van der Waals surface area contributed by atoms with Crippen molar-refractivity contribution in [2.45, 2.75) is 5.75 Å². The predicted octanol–water partition coefficient (Wildman–Crippen LogP) is 5.83. The molecular formula is C20H15ClNS. The molecule has 113 valence electrons. The van der Waals surface area contributed by atoms with Crippen LogP contribution in [0.2, 0.25) is 5.02 Å². The Bertz CT molecular complexity index is 769. The van der Waals surface area contributed by atoms with Crippen molar-refractivity contribution in [2.75, 3.05) is 0 Å². The molecule has 0 fully saturated rings. The fraction of sp³-hybridized carbons (Fsp3) is 0.0500. The lowest BCUT2D eigenvalue weighted by Gasteiger charge is -2.13. The molecule has 23 heavy (non-hydrogen) atoms. The second-order valence-electron chi connectivity index (χ2n) is 4.98. The fourth-order valence-electron chi connectivity index (χ4n) is 2.06. The lowest BCUT2D eigenvalue weighted by atomic mass is 10.2. The summed E-state index contributed by atoms with van der Waals surface area (Å²) >= 11 is 7.67. The standard InChI is InChI=1S/C20H15ClNS/c21-18-12-10-16(11-13-18)14-22-19-8-4-5-9-20(19)23-15-17-6-2-1-3-7-17/h1-4,6-14H,15H2. The molecule has 1 aliphatic rings. The van der Waals surface area contributed by atoms with Gasteiger partial charge in [0.15, 0.2) is 0 Å². The lowest BCUT2D eigenvalue weighted by molar-refractivity contribution is 1.30. The van der Waals surface area contributed by atoms with E-state index in [0.717, 1.165) is 27.3 Å². The van der Waals surface area contributed by atoms with Crippen LogP contribution in [0.15, 0.2) is 89.2 Å². The summed E-state index contributed by atoms with van der Waals surface area (Å²) in [6.07, 6.45) is 7.72. The molecule has 0 aromatic heterocycles. The van der Waals surface area contributed by atoms with E-state index in [-0.39, 0.29) is 0 Å². The molecule has 1 nitrogen and oxygen atoms in total. The van der Waals surface area contributed by atoms with Gasteiger partial charge in [-0.1, -0.05) is 54.1 Å². The first-order valence-corrected chi connectivity index (χ1v) is 8.64. The Morgan fingerprint density at radius 1 is 1.04 bits per heavy atom. The summed E-state index contributed by atoms with van der Waals surface area (Å²) in [7, 11) is 0. The SMILES string of the molecule is Clc1ccc(C=NC2=CC=C=C[C]2SCc2ccccc2)cc1. The van der Waals surface area contributed by atoms with Gasteiger partial charge in [0.05, 0.1) is 5.70 Å². The molecule has 0 unspecified atom stereocenters. The van der Waals surface area contributed by atoms with E-state index in [1.54, 1.807) is 11.8 Å². The highest BCUT2D eigenvalue weighted by Gasteiger charge is 2.13. The maximum absolute atomic E-state index is 5.90. The third kappa shape index (κ3) is 4.74. The van der Waals surface area contributed by atoms with Crippen molar-refractivity contribution in [1.29, 1.82) is 0 Å². The van der Waals surface area contributed by atoms with E-state index in [1.807, 2.05) is 54.8 Å². The molecule has 0 atom stereocenters. The number of halogens is 1. The third-order valence-electron chi connectivity index (χ3n) is 3.26. The van der Waals surface area contributed by atoms with Gasteiger partial charge in [-0.3, -0.25) is 4.99 Å². The van der Waals surface area contributed by atoms with Crippen LogP contribution in [-0.4, -0.2) is 6.21 Å². The van der Waals surface area contributed by atoms with Crippen LogP contribution in [0.25, 0.3) is 0 Å². The molecule has 0 heterocycles.